The number of aliphatic hydroxyl groups excluding tert-OH is 1. The van der Waals surface area contributed by atoms with Crippen LogP contribution in [0.25, 0.3) is 10.4 Å². The average Bonchev–Trinajstić information content (AvgIpc) is 3.61. The van der Waals surface area contributed by atoms with Crippen LogP contribution in [0.1, 0.15) is 50.8 Å². The normalized spacial score (nSPS) is 30.9. The van der Waals surface area contributed by atoms with E-state index in [4.69, 9.17) is 0 Å². The van der Waals surface area contributed by atoms with Crippen molar-refractivity contribution >= 4 is 28.9 Å². The van der Waals surface area contributed by atoms with Crippen molar-refractivity contribution in [1.82, 2.24) is 20.1 Å². The van der Waals surface area contributed by atoms with E-state index >= 15 is 0 Å². The summed E-state index contributed by atoms with van der Waals surface area (Å²) >= 11 is 1.59. The summed E-state index contributed by atoms with van der Waals surface area (Å²) in [4.78, 5) is 47.6. The quantitative estimate of drug-likeness (QED) is 0.673. The predicted octanol–water partition coefficient (Wildman–Crippen LogP) is 2.24. The van der Waals surface area contributed by atoms with Gasteiger partial charge in [-0.1, -0.05) is 24.3 Å². The van der Waals surface area contributed by atoms with Gasteiger partial charge in [0.2, 0.25) is 11.8 Å². The molecular formula is C26H32N4O4S. The molecule has 0 aliphatic carbocycles. The molecule has 8 nitrogen and oxygen atoms in total. The number of carbonyl (C=O) groups is 3. The molecule has 3 aliphatic heterocycles. The fourth-order valence-electron chi connectivity index (χ4n) is 5.99. The number of nitrogens with one attached hydrogen (secondary N) is 1. The number of nitrogens with zero attached hydrogens (tertiary/aromatic N) is 3. The number of Topliss-reactive ketones (excluding diaryl/α,β-unsaturated/α-hetero) is 1. The number of rotatable bonds is 4. The first kappa shape index (κ1) is 24.1. The van der Waals surface area contributed by atoms with Gasteiger partial charge in [0.05, 0.1) is 28.2 Å². The maximum Gasteiger partial charge on any atom is 0.245 e. The van der Waals surface area contributed by atoms with Gasteiger partial charge in [-0.25, -0.2) is 4.98 Å². The molecular weight excluding hydrogens is 464 g/mol. The summed E-state index contributed by atoms with van der Waals surface area (Å²) in [5.74, 6) is -0.147. The maximum atomic E-state index is 13.5. The Balaban J connectivity index is 1.35. The number of hydrogen-bond acceptors (Lipinski definition) is 7. The Labute approximate surface area is 209 Å². The van der Waals surface area contributed by atoms with Gasteiger partial charge in [0.1, 0.15) is 11.6 Å². The lowest BCUT2D eigenvalue weighted by atomic mass is 9.88. The second kappa shape index (κ2) is 9.11. The van der Waals surface area contributed by atoms with Crippen LogP contribution in [0.3, 0.4) is 0 Å². The summed E-state index contributed by atoms with van der Waals surface area (Å²) in [6.45, 7) is 6.19. The first-order valence-electron chi connectivity index (χ1n) is 12.3. The summed E-state index contributed by atoms with van der Waals surface area (Å²) in [6, 6.07) is 6.98. The summed E-state index contributed by atoms with van der Waals surface area (Å²) in [5.41, 5.74) is 3.90. The SMILES string of the molecule is CC(=O)N1CCC[C@H]1C(=O)N1C[C@H](O)C[C@H]1C1CC(=O)[C@](C)(c2ccc(-c3scnc3C)cc2)N1. The third-order valence-electron chi connectivity index (χ3n) is 7.92. The van der Waals surface area contributed by atoms with Crippen LogP contribution in [-0.2, 0) is 19.9 Å². The minimum absolute atomic E-state index is 0.0734. The molecule has 2 amide bonds. The summed E-state index contributed by atoms with van der Waals surface area (Å²) in [5, 5.41) is 14.0. The second-order valence-electron chi connectivity index (χ2n) is 10.2. The predicted molar refractivity (Wildman–Crippen MR) is 133 cm³/mol. The number of ketones is 1. The van der Waals surface area contributed by atoms with Gasteiger partial charge in [-0.3, -0.25) is 19.7 Å². The van der Waals surface area contributed by atoms with E-state index in [1.807, 2.05) is 43.6 Å². The Morgan fingerprint density at radius 3 is 2.63 bits per heavy atom. The van der Waals surface area contributed by atoms with Crippen LogP contribution >= 0.6 is 11.3 Å². The van der Waals surface area contributed by atoms with Crippen LogP contribution in [0.4, 0.5) is 0 Å². The number of aliphatic hydroxyl groups is 1. The molecule has 0 saturated carbocycles. The number of carbonyl (C=O) groups excluding carboxylic acids is 3. The van der Waals surface area contributed by atoms with E-state index in [0.29, 0.717) is 19.4 Å². The van der Waals surface area contributed by atoms with Crippen molar-refractivity contribution < 1.29 is 19.5 Å². The molecule has 2 N–H and O–H groups in total. The molecule has 9 heteroatoms. The monoisotopic (exact) mass is 496 g/mol. The third kappa shape index (κ3) is 4.19. The van der Waals surface area contributed by atoms with Crippen LogP contribution in [0, 0.1) is 6.92 Å². The van der Waals surface area contributed by atoms with Gasteiger partial charge < -0.3 is 14.9 Å². The highest BCUT2D eigenvalue weighted by Crippen LogP contribution is 2.37. The molecule has 0 bridgehead atoms. The van der Waals surface area contributed by atoms with Gasteiger partial charge >= 0.3 is 0 Å². The first-order chi connectivity index (χ1) is 16.7. The highest BCUT2D eigenvalue weighted by Gasteiger charge is 2.51. The van der Waals surface area contributed by atoms with E-state index in [0.717, 1.165) is 28.1 Å². The van der Waals surface area contributed by atoms with Crippen molar-refractivity contribution in [3.8, 4) is 10.4 Å². The Hall–Kier alpha value is -2.62. The van der Waals surface area contributed by atoms with Crippen LogP contribution < -0.4 is 5.32 Å². The van der Waals surface area contributed by atoms with Crippen molar-refractivity contribution in [2.45, 2.75) is 76.2 Å². The number of aromatic nitrogens is 1. The van der Waals surface area contributed by atoms with E-state index < -0.39 is 17.7 Å². The van der Waals surface area contributed by atoms with Crippen molar-refractivity contribution in [2.24, 2.45) is 0 Å². The van der Waals surface area contributed by atoms with Gasteiger partial charge in [0.25, 0.3) is 0 Å². The van der Waals surface area contributed by atoms with E-state index in [1.165, 1.54) is 6.92 Å². The number of aryl methyl sites for hydroxylation is 1. The van der Waals surface area contributed by atoms with E-state index in [9.17, 15) is 19.5 Å². The van der Waals surface area contributed by atoms with Crippen molar-refractivity contribution in [2.75, 3.05) is 13.1 Å². The molecule has 0 spiro atoms. The standard InChI is InChI=1S/C26H32N4O4S/c1-15-24(35-14-27-15)17-6-8-18(9-7-17)26(3)23(33)12-20(28-26)22-11-19(32)13-30(22)25(34)21-5-4-10-29(21)16(2)31/h6-9,14,19-22,28,32H,4-5,10-13H2,1-3H3/t19-,20?,21+,22+,26+/m1/s1. The molecule has 0 radical (unpaired) electrons. The first-order valence-corrected chi connectivity index (χ1v) is 13.1. The van der Waals surface area contributed by atoms with Crippen LogP contribution in [0.2, 0.25) is 0 Å². The third-order valence-corrected chi connectivity index (χ3v) is 8.90. The molecule has 35 heavy (non-hydrogen) atoms. The van der Waals surface area contributed by atoms with Gasteiger partial charge in [-0.15, -0.1) is 11.3 Å². The number of amides is 2. The smallest absolute Gasteiger partial charge is 0.245 e. The minimum Gasteiger partial charge on any atom is -0.391 e. The maximum absolute atomic E-state index is 13.5. The Morgan fingerprint density at radius 2 is 1.97 bits per heavy atom. The minimum atomic E-state index is -0.868. The molecule has 3 fully saturated rings. The van der Waals surface area contributed by atoms with Crippen LogP contribution in [0.15, 0.2) is 29.8 Å². The molecule has 3 saturated heterocycles. The van der Waals surface area contributed by atoms with Gasteiger partial charge in [0.15, 0.2) is 5.78 Å². The lowest BCUT2D eigenvalue weighted by Crippen LogP contribution is -2.54. The summed E-state index contributed by atoms with van der Waals surface area (Å²) < 4.78 is 0. The molecule has 5 rings (SSSR count). The number of likely N-dealkylation sites (tertiary alicyclic amines) is 2. The number of hydrogen-bond donors (Lipinski definition) is 2. The van der Waals surface area contributed by atoms with Crippen molar-refractivity contribution in [1.29, 1.82) is 0 Å². The highest BCUT2D eigenvalue weighted by atomic mass is 32.1. The largest absolute Gasteiger partial charge is 0.391 e. The molecule has 4 heterocycles. The fourth-order valence-corrected chi connectivity index (χ4v) is 6.80. The van der Waals surface area contributed by atoms with E-state index in [1.54, 1.807) is 21.1 Å². The molecule has 3 aliphatic rings. The van der Waals surface area contributed by atoms with Crippen LogP contribution in [-0.4, -0.2) is 74.8 Å². The van der Waals surface area contributed by atoms with Gasteiger partial charge in [-0.2, -0.15) is 0 Å². The lowest BCUT2D eigenvalue weighted by molar-refractivity contribution is -0.144. The van der Waals surface area contributed by atoms with Crippen LogP contribution in [0.5, 0.6) is 0 Å². The number of thiazole rings is 1. The summed E-state index contributed by atoms with van der Waals surface area (Å²) in [6.07, 6.45) is 1.50. The molecule has 1 aromatic carbocycles. The van der Waals surface area contributed by atoms with Crippen molar-refractivity contribution in [3.63, 3.8) is 0 Å². The van der Waals surface area contributed by atoms with E-state index in [2.05, 4.69) is 10.3 Å². The zero-order valence-electron chi connectivity index (χ0n) is 20.4. The summed E-state index contributed by atoms with van der Waals surface area (Å²) in [7, 11) is 0. The zero-order valence-corrected chi connectivity index (χ0v) is 21.2. The van der Waals surface area contributed by atoms with E-state index in [-0.39, 0.29) is 42.6 Å². The topological polar surface area (TPSA) is 103 Å². The Morgan fingerprint density at radius 1 is 1.23 bits per heavy atom. The zero-order chi connectivity index (χ0) is 24.9. The Kier molecular flexibility index (Phi) is 6.27. The van der Waals surface area contributed by atoms with Gasteiger partial charge in [0, 0.05) is 32.5 Å². The average molecular weight is 497 g/mol. The molecule has 1 unspecified atom stereocenters. The highest BCUT2D eigenvalue weighted by molar-refractivity contribution is 7.13. The second-order valence-corrected chi connectivity index (χ2v) is 11.0. The van der Waals surface area contributed by atoms with Gasteiger partial charge in [-0.05, 0) is 44.2 Å². The Bertz CT molecular complexity index is 1150. The lowest BCUT2D eigenvalue weighted by Gasteiger charge is -2.34. The molecule has 186 valence electrons. The number of β-amino-alcohol motifs (C(OH)–C–C–N with tert-alkyl or cyclic N) is 1. The fraction of sp³-hybridized carbons (Fsp3) is 0.538. The van der Waals surface area contributed by atoms with Crippen molar-refractivity contribution in [3.05, 3.63) is 41.0 Å². The molecule has 5 atom stereocenters. The molecule has 1 aromatic heterocycles. The molecule has 2 aromatic rings. The number of benzene rings is 1.